The molecule has 0 aliphatic carbocycles. The fraction of sp³-hybridized carbons (Fsp3) is 0.375. The van der Waals surface area contributed by atoms with Crippen molar-refractivity contribution < 1.29 is 27.5 Å². The number of methoxy groups -OCH3 is 1. The smallest absolute Gasteiger partial charge is 0.307 e. The standard InChI is InChI=1S/C24H29N3O6S/c1-19(28)25-13-15-27(16-14-25)34(31,32)22-10-6-9-21(17-22)24(30)26(12-11-23(29)33-2)18-20-7-4-3-5-8-20/h3-10,17H,11-16,18H2,1-2H3. The van der Waals surface area contributed by atoms with Crippen molar-refractivity contribution in [3.63, 3.8) is 0 Å². The first-order chi connectivity index (χ1) is 16.2. The van der Waals surface area contributed by atoms with Gasteiger partial charge < -0.3 is 14.5 Å². The second-order valence-corrected chi connectivity index (χ2v) is 9.91. The Hall–Kier alpha value is -3.24. The molecule has 9 nitrogen and oxygen atoms in total. The van der Waals surface area contributed by atoms with Crippen molar-refractivity contribution in [3.05, 3.63) is 65.7 Å². The summed E-state index contributed by atoms with van der Waals surface area (Å²) in [4.78, 5) is 39.7. The fourth-order valence-electron chi connectivity index (χ4n) is 3.75. The van der Waals surface area contributed by atoms with E-state index in [1.807, 2.05) is 30.3 Å². The van der Waals surface area contributed by atoms with Gasteiger partial charge in [-0.15, -0.1) is 0 Å². The second-order valence-electron chi connectivity index (χ2n) is 7.98. The summed E-state index contributed by atoms with van der Waals surface area (Å²) >= 11 is 0. The van der Waals surface area contributed by atoms with Gasteiger partial charge in [0.1, 0.15) is 0 Å². The lowest BCUT2D eigenvalue weighted by atomic mass is 10.1. The highest BCUT2D eigenvalue weighted by Gasteiger charge is 2.30. The average molecular weight is 488 g/mol. The molecule has 1 saturated heterocycles. The molecule has 1 heterocycles. The highest BCUT2D eigenvalue weighted by atomic mass is 32.2. The lowest BCUT2D eigenvalue weighted by Gasteiger charge is -2.33. The number of nitrogens with zero attached hydrogens (tertiary/aromatic N) is 3. The topological polar surface area (TPSA) is 104 Å². The van der Waals surface area contributed by atoms with Crippen LogP contribution in [0.2, 0.25) is 0 Å². The number of piperazine rings is 1. The van der Waals surface area contributed by atoms with E-state index in [2.05, 4.69) is 0 Å². The molecule has 1 aliphatic heterocycles. The molecule has 1 aliphatic rings. The number of sulfonamides is 1. The predicted molar refractivity (Wildman–Crippen MR) is 125 cm³/mol. The van der Waals surface area contributed by atoms with Crippen molar-refractivity contribution in [2.75, 3.05) is 39.8 Å². The third kappa shape index (κ3) is 6.21. The van der Waals surface area contributed by atoms with Gasteiger partial charge in [0.25, 0.3) is 5.91 Å². The molecule has 0 unspecified atom stereocenters. The lowest BCUT2D eigenvalue weighted by molar-refractivity contribution is -0.140. The minimum Gasteiger partial charge on any atom is -0.469 e. The predicted octanol–water partition coefficient (Wildman–Crippen LogP) is 1.74. The van der Waals surface area contributed by atoms with E-state index in [4.69, 9.17) is 4.74 Å². The maximum Gasteiger partial charge on any atom is 0.307 e. The second kappa shape index (κ2) is 11.3. The van der Waals surface area contributed by atoms with Crippen molar-refractivity contribution in [2.24, 2.45) is 0 Å². The van der Waals surface area contributed by atoms with Crippen LogP contribution in [0.1, 0.15) is 29.3 Å². The van der Waals surface area contributed by atoms with Gasteiger partial charge in [0.2, 0.25) is 15.9 Å². The monoisotopic (exact) mass is 487 g/mol. The van der Waals surface area contributed by atoms with E-state index in [1.54, 1.807) is 11.0 Å². The van der Waals surface area contributed by atoms with E-state index in [9.17, 15) is 22.8 Å². The van der Waals surface area contributed by atoms with Crippen molar-refractivity contribution in [2.45, 2.75) is 24.8 Å². The number of hydrogen-bond acceptors (Lipinski definition) is 6. The molecular formula is C24H29N3O6S. The SMILES string of the molecule is COC(=O)CCN(Cc1ccccc1)C(=O)c1cccc(S(=O)(=O)N2CCN(C(C)=O)CC2)c1. The number of rotatable bonds is 8. The van der Waals surface area contributed by atoms with E-state index >= 15 is 0 Å². The molecule has 2 aromatic rings. The van der Waals surface area contributed by atoms with Crippen molar-refractivity contribution in [3.8, 4) is 0 Å². The normalized spacial score (nSPS) is 14.5. The van der Waals surface area contributed by atoms with Gasteiger partial charge in [0, 0.05) is 51.8 Å². The summed E-state index contributed by atoms with van der Waals surface area (Å²) in [6.45, 7) is 2.89. The Balaban J connectivity index is 1.81. The summed E-state index contributed by atoms with van der Waals surface area (Å²) < 4.78 is 32.4. The molecule has 2 aromatic carbocycles. The summed E-state index contributed by atoms with van der Waals surface area (Å²) in [6, 6.07) is 15.3. The van der Waals surface area contributed by atoms with Crippen LogP contribution in [0.25, 0.3) is 0 Å². The lowest BCUT2D eigenvalue weighted by Crippen LogP contribution is -2.49. The molecule has 2 amide bonds. The maximum atomic E-state index is 13.3. The molecule has 0 aromatic heterocycles. The minimum absolute atomic E-state index is 0.0160. The Morgan fingerprint density at radius 2 is 1.65 bits per heavy atom. The number of benzene rings is 2. The van der Waals surface area contributed by atoms with Crippen LogP contribution in [-0.2, 0) is 30.9 Å². The third-order valence-corrected chi connectivity index (χ3v) is 7.61. The molecule has 1 fully saturated rings. The van der Waals surface area contributed by atoms with Crippen molar-refractivity contribution in [1.82, 2.24) is 14.1 Å². The van der Waals surface area contributed by atoms with E-state index < -0.39 is 16.0 Å². The summed E-state index contributed by atoms with van der Waals surface area (Å²) in [6.07, 6.45) is 0.0213. The van der Waals surface area contributed by atoms with Gasteiger partial charge in [-0.1, -0.05) is 36.4 Å². The molecular weight excluding hydrogens is 458 g/mol. The van der Waals surface area contributed by atoms with Crippen LogP contribution in [0.3, 0.4) is 0 Å². The summed E-state index contributed by atoms with van der Waals surface area (Å²) in [5, 5.41) is 0. The zero-order chi connectivity index (χ0) is 24.7. The summed E-state index contributed by atoms with van der Waals surface area (Å²) in [5.74, 6) is -0.909. The number of carbonyl (C=O) groups is 3. The van der Waals surface area contributed by atoms with Crippen molar-refractivity contribution in [1.29, 1.82) is 0 Å². The van der Waals surface area contributed by atoms with Crippen molar-refractivity contribution >= 4 is 27.8 Å². The zero-order valence-corrected chi connectivity index (χ0v) is 20.2. The molecule has 0 bridgehead atoms. The molecule has 182 valence electrons. The maximum absolute atomic E-state index is 13.3. The first kappa shape index (κ1) is 25.4. The fourth-order valence-corrected chi connectivity index (χ4v) is 5.22. The van der Waals surface area contributed by atoms with Crippen LogP contribution >= 0.6 is 0 Å². The largest absolute Gasteiger partial charge is 0.469 e. The van der Waals surface area contributed by atoms with Crippen LogP contribution in [0.15, 0.2) is 59.5 Å². The molecule has 0 N–H and O–H groups in total. The quantitative estimate of drug-likeness (QED) is 0.526. The Labute approximate surface area is 200 Å². The average Bonchev–Trinajstić information content (AvgIpc) is 2.86. The number of esters is 1. The molecule has 0 atom stereocenters. The Morgan fingerprint density at radius 3 is 2.26 bits per heavy atom. The molecule has 34 heavy (non-hydrogen) atoms. The Kier molecular flexibility index (Phi) is 8.41. The van der Waals surface area contributed by atoms with Crippen LogP contribution in [0.5, 0.6) is 0 Å². The number of hydrogen-bond donors (Lipinski definition) is 0. The summed E-state index contributed by atoms with van der Waals surface area (Å²) in [7, 11) is -2.54. The van der Waals surface area contributed by atoms with Gasteiger partial charge in [-0.3, -0.25) is 14.4 Å². The van der Waals surface area contributed by atoms with E-state index in [0.29, 0.717) is 13.1 Å². The van der Waals surface area contributed by atoms with Crippen LogP contribution in [0, 0.1) is 0 Å². The molecule has 10 heteroatoms. The molecule has 0 radical (unpaired) electrons. The van der Waals surface area contributed by atoms with E-state index in [0.717, 1.165) is 5.56 Å². The molecule has 0 saturated carbocycles. The highest BCUT2D eigenvalue weighted by Crippen LogP contribution is 2.20. The first-order valence-electron chi connectivity index (χ1n) is 11.0. The Morgan fingerprint density at radius 1 is 0.971 bits per heavy atom. The van der Waals surface area contributed by atoms with Gasteiger partial charge in [0.05, 0.1) is 18.4 Å². The molecule has 3 rings (SSSR count). The third-order valence-electron chi connectivity index (χ3n) is 5.72. The first-order valence-corrected chi connectivity index (χ1v) is 12.4. The number of amides is 2. The van der Waals surface area contributed by atoms with Crippen LogP contribution < -0.4 is 0 Å². The van der Waals surface area contributed by atoms with Gasteiger partial charge in [-0.25, -0.2) is 8.42 Å². The zero-order valence-electron chi connectivity index (χ0n) is 19.3. The molecule has 0 spiro atoms. The van der Waals surface area contributed by atoms with Gasteiger partial charge in [-0.05, 0) is 23.8 Å². The van der Waals surface area contributed by atoms with Crippen LogP contribution in [-0.4, -0.2) is 80.1 Å². The van der Waals surface area contributed by atoms with Gasteiger partial charge in [0.15, 0.2) is 0 Å². The van der Waals surface area contributed by atoms with Crippen LogP contribution in [0.4, 0.5) is 0 Å². The Bertz CT molecular complexity index is 1130. The van der Waals surface area contributed by atoms with E-state index in [-0.39, 0.29) is 54.9 Å². The number of carbonyl (C=O) groups excluding carboxylic acids is 3. The van der Waals surface area contributed by atoms with E-state index in [1.165, 1.54) is 41.4 Å². The minimum atomic E-state index is -3.83. The summed E-state index contributed by atoms with van der Waals surface area (Å²) in [5.41, 5.74) is 1.09. The van der Waals surface area contributed by atoms with Gasteiger partial charge in [-0.2, -0.15) is 4.31 Å². The van der Waals surface area contributed by atoms with Gasteiger partial charge >= 0.3 is 5.97 Å². The number of ether oxygens (including phenoxy) is 1. The highest BCUT2D eigenvalue weighted by molar-refractivity contribution is 7.89.